The standard InChI is InChI=1S/C10H17N3O3/c1-3-4-7(2)11-8(14)5-13-6-9(15)12-10(13)16/h7H,3-6H2,1-2H3,(H,11,14)(H,12,15,16). The van der Waals surface area contributed by atoms with E-state index in [1.807, 2.05) is 13.8 Å². The van der Waals surface area contributed by atoms with E-state index >= 15 is 0 Å². The first-order chi connectivity index (χ1) is 7.52. The second-order valence-corrected chi connectivity index (χ2v) is 3.97. The van der Waals surface area contributed by atoms with Crippen LogP contribution < -0.4 is 10.6 Å². The zero-order chi connectivity index (χ0) is 12.1. The molecule has 0 aromatic heterocycles. The van der Waals surface area contributed by atoms with Crippen LogP contribution in [0.4, 0.5) is 4.79 Å². The van der Waals surface area contributed by atoms with E-state index in [0.29, 0.717) is 0 Å². The highest BCUT2D eigenvalue weighted by Crippen LogP contribution is 1.99. The van der Waals surface area contributed by atoms with Gasteiger partial charge in [0.05, 0.1) is 0 Å². The van der Waals surface area contributed by atoms with Gasteiger partial charge in [0.25, 0.3) is 0 Å². The monoisotopic (exact) mass is 227 g/mol. The first-order valence-corrected chi connectivity index (χ1v) is 5.41. The lowest BCUT2D eigenvalue weighted by Crippen LogP contribution is -2.42. The number of hydrogen-bond acceptors (Lipinski definition) is 3. The molecule has 1 atom stereocenters. The van der Waals surface area contributed by atoms with Crippen LogP contribution in [0.15, 0.2) is 0 Å². The van der Waals surface area contributed by atoms with Crippen LogP contribution in [0.3, 0.4) is 0 Å². The molecule has 6 heteroatoms. The van der Waals surface area contributed by atoms with Crippen molar-refractivity contribution >= 4 is 17.8 Å². The van der Waals surface area contributed by atoms with Crippen molar-refractivity contribution in [3.63, 3.8) is 0 Å². The summed E-state index contributed by atoms with van der Waals surface area (Å²) in [5.41, 5.74) is 0. The summed E-state index contributed by atoms with van der Waals surface area (Å²) in [5, 5.41) is 4.89. The second-order valence-electron chi connectivity index (χ2n) is 3.97. The van der Waals surface area contributed by atoms with Crippen molar-refractivity contribution in [2.45, 2.75) is 32.7 Å². The first-order valence-electron chi connectivity index (χ1n) is 5.41. The number of carbonyl (C=O) groups is 3. The van der Waals surface area contributed by atoms with E-state index in [2.05, 4.69) is 10.6 Å². The Morgan fingerprint density at radius 2 is 2.25 bits per heavy atom. The number of rotatable bonds is 5. The Bertz CT molecular complexity index is 304. The van der Waals surface area contributed by atoms with E-state index in [9.17, 15) is 14.4 Å². The zero-order valence-electron chi connectivity index (χ0n) is 9.58. The SMILES string of the molecule is CCCC(C)NC(=O)CN1CC(=O)NC1=O. The van der Waals surface area contributed by atoms with Crippen molar-refractivity contribution < 1.29 is 14.4 Å². The van der Waals surface area contributed by atoms with Gasteiger partial charge in [-0.2, -0.15) is 0 Å². The molecule has 0 aliphatic carbocycles. The van der Waals surface area contributed by atoms with Crippen molar-refractivity contribution in [1.29, 1.82) is 0 Å². The molecule has 2 N–H and O–H groups in total. The lowest BCUT2D eigenvalue weighted by Gasteiger charge is -2.16. The summed E-state index contributed by atoms with van der Waals surface area (Å²) >= 11 is 0. The summed E-state index contributed by atoms with van der Waals surface area (Å²) in [5.74, 6) is -0.592. The average molecular weight is 227 g/mol. The topological polar surface area (TPSA) is 78.5 Å². The van der Waals surface area contributed by atoms with Gasteiger partial charge in [-0.3, -0.25) is 14.9 Å². The van der Waals surface area contributed by atoms with Crippen LogP contribution in [0.2, 0.25) is 0 Å². The molecule has 1 fully saturated rings. The average Bonchev–Trinajstić information content (AvgIpc) is 2.44. The highest BCUT2D eigenvalue weighted by atomic mass is 16.2. The van der Waals surface area contributed by atoms with E-state index in [4.69, 9.17) is 0 Å². The number of amides is 4. The van der Waals surface area contributed by atoms with Gasteiger partial charge in [-0.25, -0.2) is 4.79 Å². The van der Waals surface area contributed by atoms with E-state index in [1.165, 1.54) is 4.90 Å². The molecular weight excluding hydrogens is 210 g/mol. The van der Waals surface area contributed by atoms with Gasteiger partial charge in [0.15, 0.2) is 0 Å². The molecule has 1 rings (SSSR count). The van der Waals surface area contributed by atoms with E-state index < -0.39 is 6.03 Å². The highest BCUT2D eigenvalue weighted by Gasteiger charge is 2.28. The molecule has 1 unspecified atom stereocenters. The number of nitrogens with one attached hydrogen (secondary N) is 2. The van der Waals surface area contributed by atoms with Gasteiger partial charge in [-0.05, 0) is 13.3 Å². The van der Waals surface area contributed by atoms with Gasteiger partial charge in [0, 0.05) is 6.04 Å². The molecule has 0 radical (unpaired) electrons. The zero-order valence-corrected chi connectivity index (χ0v) is 9.58. The summed E-state index contributed by atoms with van der Waals surface area (Å²) in [4.78, 5) is 34.7. The third kappa shape index (κ3) is 3.52. The van der Waals surface area contributed by atoms with E-state index in [-0.39, 0.29) is 30.9 Å². The molecule has 1 saturated heterocycles. The molecule has 6 nitrogen and oxygen atoms in total. The Morgan fingerprint density at radius 1 is 1.56 bits per heavy atom. The summed E-state index contributed by atoms with van der Waals surface area (Å²) in [6, 6.07) is -0.401. The molecule has 90 valence electrons. The van der Waals surface area contributed by atoms with Gasteiger partial charge >= 0.3 is 6.03 Å². The van der Waals surface area contributed by atoms with Crippen LogP contribution in [-0.2, 0) is 9.59 Å². The van der Waals surface area contributed by atoms with Gasteiger partial charge in [0.2, 0.25) is 11.8 Å². The Morgan fingerprint density at radius 3 is 2.75 bits per heavy atom. The van der Waals surface area contributed by atoms with Crippen LogP contribution in [0, 0.1) is 0 Å². The first kappa shape index (κ1) is 12.5. The highest BCUT2D eigenvalue weighted by molar-refractivity contribution is 6.03. The van der Waals surface area contributed by atoms with Gasteiger partial charge in [-0.1, -0.05) is 13.3 Å². The fraction of sp³-hybridized carbons (Fsp3) is 0.700. The Kier molecular flexibility index (Phi) is 4.28. The van der Waals surface area contributed by atoms with Crippen molar-refractivity contribution in [1.82, 2.24) is 15.5 Å². The van der Waals surface area contributed by atoms with Crippen molar-refractivity contribution in [3.05, 3.63) is 0 Å². The minimum absolute atomic E-state index is 0.0333. The lowest BCUT2D eigenvalue weighted by atomic mass is 10.2. The Hall–Kier alpha value is -1.59. The fourth-order valence-corrected chi connectivity index (χ4v) is 1.61. The minimum atomic E-state index is -0.497. The molecule has 0 aromatic carbocycles. The van der Waals surface area contributed by atoms with Crippen LogP contribution >= 0.6 is 0 Å². The van der Waals surface area contributed by atoms with Crippen molar-refractivity contribution in [2.75, 3.05) is 13.1 Å². The largest absolute Gasteiger partial charge is 0.352 e. The quantitative estimate of drug-likeness (QED) is 0.641. The molecule has 1 heterocycles. The van der Waals surface area contributed by atoms with Gasteiger partial charge in [0.1, 0.15) is 13.1 Å². The fourth-order valence-electron chi connectivity index (χ4n) is 1.61. The summed E-state index contributed by atoms with van der Waals surface area (Å²) in [6.07, 6.45) is 1.89. The lowest BCUT2D eigenvalue weighted by molar-refractivity contribution is -0.122. The predicted molar refractivity (Wildman–Crippen MR) is 57.6 cm³/mol. The number of imide groups is 1. The maximum absolute atomic E-state index is 11.5. The molecule has 4 amide bonds. The summed E-state index contributed by atoms with van der Waals surface area (Å²) in [7, 11) is 0. The third-order valence-corrected chi connectivity index (χ3v) is 2.33. The summed E-state index contributed by atoms with van der Waals surface area (Å²) in [6.45, 7) is 3.85. The second kappa shape index (κ2) is 5.48. The number of hydrogen-bond donors (Lipinski definition) is 2. The van der Waals surface area contributed by atoms with E-state index in [0.717, 1.165) is 12.8 Å². The Balaban J connectivity index is 2.34. The van der Waals surface area contributed by atoms with Crippen LogP contribution in [0.5, 0.6) is 0 Å². The van der Waals surface area contributed by atoms with Crippen molar-refractivity contribution in [3.8, 4) is 0 Å². The minimum Gasteiger partial charge on any atom is -0.352 e. The van der Waals surface area contributed by atoms with Gasteiger partial charge in [-0.15, -0.1) is 0 Å². The number of nitrogens with zero attached hydrogens (tertiary/aromatic N) is 1. The predicted octanol–water partition coefficient (Wildman–Crippen LogP) is -0.157. The van der Waals surface area contributed by atoms with E-state index in [1.54, 1.807) is 0 Å². The molecular formula is C10H17N3O3. The molecule has 0 aromatic rings. The maximum atomic E-state index is 11.5. The van der Waals surface area contributed by atoms with Crippen LogP contribution in [-0.4, -0.2) is 41.9 Å². The Labute approximate surface area is 94.4 Å². The molecule has 1 aliphatic heterocycles. The normalized spacial score (nSPS) is 17.2. The smallest absolute Gasteiger partial charge is 0.325 e. The number of urea groups is 1. The number of carbonyl (C=O) groups excluding carboxylic acids is 3. The molecule has 0 bridgehead atoms. The van der Waals surface area contributed by atoms with Crippen LogP contribution in [0.1, 0.15) is 26.7 Å². The van der Waals surface area contributed by atoms with Crippen LogP contribution in [0.25, 0.3) is 0 Å². The molecule has 1 aliphatic rings. The molecule has 0 saturated carbocycles. The summed E-state index contributed by atoms with van der Waals surface area (Å²) < 4.78 is 0. The van der Waals surface area contributed by atoms with Crippen molar-refractivity contribution in [2.24, 2.45) is 0 Å². The maximum Gasteiger partial charge on any atom is 0.325 e. The molecule has 0 spiro atoms. The molecule has 16 heavy (non-hydrogen) atoms. The van der Waals surface area contributed by atoms with Gasteiger partial charge < -0.3 is 10.2 Å². The third-order valence-electron chi connectivity index (χ3n) is 2.33.